The molecule has 0 aliphatic rings. The Balaban J connectivity index is 2.23. The average molecular weight is 311 g/mol. The van der Waals surface area contributed by atoms with Gasteiger partial charge < -0.3 is 20.3 Å². The number of ether oxygens (including phenoxy) is 2. The molecule has 0 bridgehead atoms. The number of methoxy groups -OCH3 is 1. The van der Waals surface area contributed by atoms with Crippen molar-refractivity contribution in [3.8, 4) is 17.2 Å². The zero-order chi connectivity index (χ0) is 16.8. The van der Waals surface area contributed by atoms with E-state index in [4.69, 9.17) is 15.2 Å². The zero-order valence-corrected chi connectivity index (χ0v) is 12.7. The van der Waals surface area contributed by atoms with Gasteiger partial charge in [-0.2, -0.15) is 0 Å². The lowest BCUT2D eigenvalue weighted by Gasteiger charge is -2.07. The lowest BCUT2D eigenvalue weighted by Crippen LogP contribution is -2.02. The van der Waals surface area contributed by atoms with Gasteiger partial charge in [0.15, 0.2) is 0 Å². The molecule has 3 N–H and O–H groups in total. The molecular formula is C18H17NO4. The van der Waals surface area contributed by atoms with Crippen LogP contribution in [0.2, 0.25) is 0 Å². The van der Waals surface area contributed by atoms with E-state index in [0.717, 1.165) is 17.4 Å². The highest BCUT2D eigenvalue weighted by atomic mass is 16.5. The molecule has 0 amide bonds. The molecule has 23 heavy (non-hydrogen) atoms. The summed E-state index contributed by atoms with van der Waals surface area (Å²) in [4.78, 5) is 11.1. The number of rotatable bonds is 5. The maximum Gasteiger partial charge on any atom is 0.335 e. The molecule has 0 radical (unpaired) electrons. The summed E-state index contributed by atoms with van der Waals surface area (Å²) in [6, 6.07) is 11.8. The van der Waals surface area contributed by atoms with E-state index in [0.29, 0.717) is 11.3 Å². The summed E-state index contributed by atoms with van der Waals surface area (Å²) in [7, 11) is 1.59. The maximum absolute atomic E-state index is 11.1. The van der Waals surface area contributed by atoms with Gasteiger partial charge in [0, 0.05) is 23.4 Å². The summed E-state index contributed by atoms with van der Waals surface area (Å²) < 4.78 is 10.0. The highest BCUT2D eigenvalue weighted by Gasteiger charge is 2.06. The topological polar surface area (TPSA) is 81.8 Å². The number of phenols is 1. The fourth-order valence-corrected chi connectivity index (χ4v) is 1.90. The second-order valence-corrected chi connectivity index (χ2v) is 4.67. The van der Waals surface area contributed by atoms with Crippen molar-refractivity contribution in [3.05, 3.63) is 66.2 Å². The van der Waals surface area contributed by atoms with Crippen LogP contribution >= 0.6 is 0 Å². The maximum atomic E-state index is 11.1. The van der Waals surface area contributed by atoms with Crippen LogP contribution in [0.4, 0.5) is 0 Å². The van der Waals surface area contributed by atoms with E-state index in [1.807, 2.05) is 12.1 Å². The quantitative estimate of drug-likeness (QED) is 0.384. The molecule has 0 aliphatic heterocycles. The van der Waals surface area contributed by atoms with Gasteiger partial charge >= 0.3 is 5.97 Å². The SMILES string of the molecule is C=CC(=O)Oc1ccc(/C=C(\N)c2ccc(OC)cc2)c(O)c1. The van der Waals surface area contributed by atoms with E-state index >= 15 is 0 Å². The van der Waals surface area contributed by atoms with Gasteiger partial charge in [0.05, 0.1) is 7.11 Å². The van der Waals surface area contributed by atoms with Gasteiger partial charge in [-0.25, -0.2) is 4.79 Å². The first-order chi connectivity index (χ1) is 11.0. The molecular weight excluding hydrogens is 294 g/mol. The number of nitrogens with two attached hydrogens (primary N) is 1. The Bertz CT molecular complexity index is 748. The van der Waals surface area contributed by atoms with Crippen molar-refractivity contribution in [2.24, 2.45) is 5.73 Å². The van der Waals surface area contributed by atoms with Gasteiger partial charge in [0.1, 0.15) is 17.2 Å². The minimum absolute atomic E-state index is 0.0455. The normalized spacial score (nSPS) is 10.9. The molecule has 0 atom stereocenters. The summed E-state index contributed by atoms with van der Waals surface area (Å²) in [5, 5.41) is 10.0. The van der Waals surface area contributed by atoms with Crippen molar-refractivity contribution in [1.29, 1.82) is 0 Å². The molecule has 0 saturated carbocycles. The van der Waals surface area contributed by atoms with E-state index in [-0.39, 0.29) is 11.5 Å². The number of hydrogen-bond donors (Lipinski definition) is 2. The first-order valence-corrected chi connectivity index (χ1v) is 6.82. The second kappa shape index (κ2) is 7.17. The van der Waals surface area contributed by atoms with Crippen LogP contribution in [0.25, 0.3) is 11.8 Å². The average Bonchev–Trinajstić information content (AvgIpc) is 2.57. The Hall–Kier alpha value is -3.21. The van der Waals surface area contributed by atoms with E-state index in [1.54, 1.807) is 37.5 Å². The third kappa shape index (κ3) is 4.14. The molecule has 2 aromatic rings. The third-order valence-electron chi connectivity index (χ3n) is 3.12. The zero-order valence-electron chi connectivity index (χ0n) is 12.7. The van der Waals surface area contributed by atoms with Gasteiger partial charge in [-0.3, -0.25) is 0 Å². The summed E-state index contributed by atoms with van der Waals surface area (Å²) in [6.07, 6.45) is 2.68. The summed E-state index contributed by atoms with van der Waals surface area (Å²) >= 11 is 0. The van der Waals surface area contributed by atoms with Crippen LogP contribution in [-0.4, -0.2) is 18.2 Å². The Morgan fingerprint density at radius 3 is 2.39 bits per heavy atom. The van der Waals surface area contributed by atoms with Gasteiger partial charge in [0.2, 0.25) is 0 Å². The number of hydrogen-bond acceptors (Lipinski definition) is 5. The molecule has 118 valence electrons. The van der Waals surface area contributed by atoms with E-state index in [2.05, 4.69) is 6.58 Å². The predicted octanol–water partition coefficient (Wildman–Crippen LogP) is 2.95. The number of carbonyl (C=O) groups excluding carboxylic acids is 1. The standard InChI is InChI=1S/C18H17NO4/c1-3-18(21)23-15-9-6-13(17(20)11-15)10-16(19)12-4-7-14(22-2)8-5-12/h3-11,20H,1,19H2,2H3/b16-10-. The molecule has 0 heterocycles. The largest absolute Gasteiger partial charge is 0.507 e. The Labute approximate surface area is 134 Å². The Morgan fingerprint density at radius 2 is 1.83 bits per heavy atom. The lowest BCUT2D eigenvalue weighted by molar-refractivity contribution is -0.128. The number of aromatic hydroxyl groups is 1. The van der Waals surface area contributed by atoms with Gasteiger partial charge in [-0.15, -0.1) is 0 Å². The van der Waals surface area contributed by atoms with E-state index in [9.17, 15) is 9.90 Å². The summed E-state index contributed by atoms with van der Waals surface area (Å²) in [5.74, 6) is 0.326. The molecule has 5 nitrogen and oxygen atoms in total. The van der Waals surface area contributed by atoms with Gasteiger partial charge in [-0.05, 0) is 48.0 Å². The number of carbonyl (C=O) groups is 1. The predicted molar refractivity (Wildman–Crippen MR) is 89.0 cm³/mol. The summed E-state index contributed by atoms with van der Waals surface area (Å²) in [6.45, 7) is 3.31. The van der Waals surface area contributed by atoms with Gasteiger partial charge in [-0.1, -0.05) is 6.58 Å². The van der Waals surface area contributed by atoms with E-state index in [1.165, 1.54) is 6.07 Å². The van der Waals surface area contributed by atoms with Crippen LogP contribution in [0.1, 0.15) is 11.1 Å². The van der Waals surface area contributed by atoms with Crippen molar-refractivity contribution in [3.63, 3.8) is 0 Å². The minimum Gasteiger partial charge on any atom is -0.507 e. The summed E-state index contributed by atoms with van der Waals surface area (Å²) in [5.41, 5.74) is 7.83. The highest BCUT2D eigenvalue weighted by molar-refractivity contribution is 5.84. The number of phenolic OH excluding ortho intramolecular Hbond substituents is 1. The first-order valence-electron chi connectivity index (χ1n) is 6.82. The van der Waals surface area contributed by atoms with Crippen molar-refractivity contribution in [2.75, 3.05) is 7.11 Å². The lowest BCUT2D eigenvalue weighted by atomic mass is 10.1. The second-order valence-electron chi connectivity index (χ2n) is 4.67. The molecule has 0 saturated heterocycles. The van der Waals surface area contributed by atoms with Crippen molar-refractivity contribution >= 4 is 17.7 Å². The van der Waals surface area contributed by atoms with Crippen molar-refractivity contribution < 1.29 is 19.4 Å². The number of esters is 1. The first kappa shape index (κ1) is 16.2. The Kier molecular flexibility index (Phi) is 5.04. The smallest absolute Gasteiger partial charge is 0.335 e. The van der Waals surface area contributed by atoms with Crippen LogP contribution in [-0.2, 0) is 4.79 Å². The third-order valence-corrected chi connectivity index (χ3v) is 3.12. The molecule has 0 aliphatic carbocycles. The fourth-order valence-electron chi connectivity index (χ4n) is 1.90. The monoisotopic (exact) mass is 311 g/mol. The molecule has 0 fully saturated rings. The van der Waals surface area contributed by atoms with Crippen LogP contribution < -0.4 is 15.2 Å². The Morgan fingerprint density at radius 1 is 1.17 bits per heavy atom. The molecule has 0 aromatic heterocycles. The highest BCUT2D eigenvalue weighted by Crippen LogP contribution is 2.27. The number of benzene rings is 2. The van der Waals surface area contributed by atoms with Crippen LogP contribution in [0, 0.1) is 0 Å². The molecule has 0 unspecified atom stereocenters. The molecule has 0 spiro atoms. The molecule has 2 aromatic carbocycles. The van der Waals surface area contributed by atoms with Crippen molar-refractivity contribution in [1.82, 2.24) is 0 Å². The fraction of sp³-hybridized carbons (Fsp3) is 0.0556. The van der Waals surface area contributed by atoms with Gasteiger partial charge in [0.25, 0.3) is 0 Å². The van der Waals surface area contributed by atoms with Crippen molar-refractivity contribution in [2.45, 2.75) is 0 Å². The molecule has 2 rings (SSSR count). The minimum atomic E-state index is -0.592. The van der Waals surface area contributed by atoms with Crippen LogP contribution in [0.3, 0.4) is 0 Å². The van der Waals surface area contributed by atoms with Crippen LogP contribution in [0.15, 0.2) is 55.1 Å². The van der Waals surface area contributed by atoms with Crippen LogP contribution in [0.5, 0.6) is 17.2 Å². The molecule has 5 heteroatoms. The van der Waals surface area contributed by atoms with E-state index < -0.39 is 5.97 Å².